The van der Waals surface area contributed by atoms with E-state index in [2.05, 4.69) is 90.6 Å². The molecular formula is C46H58F4O14S2-2. The van der Waals surface area contributed by atoms with Crippen molar-refractivity contribution in [1.29, 1.82) is 0 Å². The molecule has 8 aliphatic rings. The van der Waals surface area contributed by atoms with Crippen LogP contribution in [0.5, 0.6) is 0 Å². The predicted octanol–water partition coefficient (Wildman–Crippen LogP) is 8.04. The van der Waals surface area contributed by atoms with Crippen molar-refractivity contribution in [3.63, 3.8) is 0 Å². The molecule has 0 spiro atoms. The number of carbonyl (C=O) groups is 4. The van der Waals surface area contributed by atoms with Crippen LogP contribution in [0.15, 0.2) is 48.5 Å². The highest BCUT2D eigenvalue weighted by atomic mass is 32.2. The second kappa shape index (κ2) is 21.4. The number of esters is 4. The van der Waals surface area contributed by atoms with Crippen LogP contribution in [0.4, 0.5) is 17.6 Å². The molecule has 8 fully saturated rings. The summed E-state index contributed by atoms with van der Waals surface area (Å²) >= 11 is -1.61. The highest BCUT2D eigenvalue weighted by Gasteiger charge is 2.60. The Morgan fingerprint density at radius 1 is 0.561 bits per heavy atom. The van der Waals surface area contributed by atoms with Gasteiger partial charge >= 0.3 is 34.4 Å². The van der Waals surface area contributed by atoms with Gasteiger partial charge in [0.15, 0.2) is 13.2 Å². The van der Waals surface area contributed by atoms with E-state index in [0.717, 1.165) is 64.2 Å². The lowest BCUT2D eigenvalue weighted by atomic mass is 9.43. The molecule has 2 aromatic rings. The van der Waals surface area contributed by atoms with Crippen molar-refractivity contribution in [1.82, 2.24) is 0 Å². The number of rotatable bonds is 18. The minimum Gasteiger partial charge on any atom is -0.691 e. The van der Waals surface area contributed by atoms with Gasteiger partial charge in [-0.25, -0.2) is 19.2 Å². The lowest BCUT2D eigenvalue weighted by molar-refractivity contribution is -0.777. The molecule has 0 N–H and O–H groups in total. The number of carbonyl (C=O) groups excluding carboxylic acids is 4. The predicted molar refractivity (Wildman–Crippen MR) is 227 cm³/mol. The maximum absolute atomic E-state index is 13.4. The van der Waals surface area contributed by atoms with Crippen molar-refractivity contribution < 1.29 is 84.9 Å². The van der Waals surface area contributed by atoms with Gasteiger partial charge in [-0.1, -0.05) is 74.5 Å². The molecular weight excluding hydrogens is 917 g/mol. The Kier molecular flexibility index (Phi) is 17.4. The van der Waals surface area contributed by atoms with Crippen molar-refractivity contribution >= 4 is 48.0 Å². The van der Waals surface area contributed by atoms with Crippen LogP contribution in [-0.4, -0.2) is 60.8 Å². The van der Waals surface area contributed by atoms with E-state index in [4.69, 9.17) is 9.47 Å². The van der Waals surface area contributed by atoms with Gasteiger partial charge in [0.25, 0.3) is 0 Å². The van der Waals surface area contributed by atoms with Crippen molar-refractivity contribution in [2.45, 2.75) is 127 Å². The molecule has 0 heterocycles. The smallest absolute Gasteiger partial charge is 0.415 e. The van der Waals surface area contributed by atoms with Crippen LogP contribution in [-0.2, 0) is 67.7 Å². The molecule has 10 rings (SSSR count). The van der Waals surface area contributed by atoms with Gasteiger partial charge in [0.2, 0.25) is 0 Å². The average molecular weight is 975 g/mol. The first-order chi connectivity index (χ1) is 30.3. The van der Waals surface area contributed by atoms with Crippen LogP contribution in [0.25, 0.3) is 0 Å². The Labute approximate surface area is 390 Å². The number of alkyl halides is 4. The molecule has 0 amide bonds. The lowest BCUT2D eigenvalue weighted by Gasteiger charge is -2.62. The summed E-state index contributed by atoms with van der Waals surface area (Å²) in [6, 6.07) is 17.4. The highest BCUT2D eigenvalue weighted by Crippen LogP contribution is 2.67. The van der Waals surface area contributed by atoms with Gasteiger partial charge in [0.05, 0.1) is 13.2 Å². The van der Waals surface area contributed by atoms with Crippen LogP contribution >= 0.6 is 24.1 Å². The average Bonchev–Trinajstić information content (AvgIpc) is 3.24. The third-order valence-corrected chi connectivity index (χ3v) is 15.2. The summed E-state index contributed by atoms with van der Waals surface area (Å²) < 4.78 is 79.8. The van der Waals surface area contributed by atoms with Gasteiger partial charge in [0, 0.05) is 10.8 Å². The molecule has 14 nitrogen and oxygen atoms in total. The summed E-state index contributed by atoms with van der Waals surface area (Å²) in [4.78, 5) is 47.0. The van der Waals surface area contributed by atoms with Crippen LogP contribution < -0.4 is 10.5 Å². The van der Waals surface area contributed by atoms with Crippen molar-refractivity contribution in [3.8, 4) is 0 Å². The molecule has 2 aromatic carbocycles. The number of aryl methyl sites for hydroxylation is 2. The Morgan fingerprint density at radius 3 is 1.18 bits per heavy atom. The minimum atomic E-state index is -4.19. The van der Waals surface area contributed by atoms with E-state index in [-0.39, 0.29) is 49.7 Å². The standard InChI is InChI=1S/2C22H26F2O7S.2CH4/c2*1-14-2-4-17(5-3-14)21-9-15-6-16(10-21)8-20(7-15,12-21)13-29-18(25)11-28-19(26)22(23,24)32-31-30-27;;/h2*2-5,15-16,27H,6-13H2,1H3;2*1H4/p-2. The first-order valence-electron chi connectivity index (χ1n) is 21.2. The highest BCUT2D eigenvalue weighted by molar-refractivity contribution is 7.96. The van der Waals surface area contributed by atoms with Gasteiger partial charge in [-0.2, -0.15) is 26.2 Å². The fraction of sp³-hybridized carbons (Fsp3) is 0.652. The SMILES string of the molecule is C.C.Cc1ccc(C23CC4CC(CC(COC(=O)COC(=O)C(F)(F)SOO[O-])(C4)C2)C3)cc1.Cc1ccc(C23CC4CC(CC(COC(=O)COC(=O)C(F)(F)SOO[O-])(C4)C2)C3)cc1. The Bertz CT molecular complexity index is 1840. The fourth-order valence-corrected chi connectivity index (χ4v) is 13.4. The van der Waals surface area contributed by atoms with Gasteiger partial charge in [0.1, 0.15) is 24.1 Å². The van der Waals surface area contributed by atoms with E-state index >= 15 is 0 Å². The van der Waals surface area contributed by atoms with Crippen LogP contribution in [0.3, 0.4) is 0 Å². The zero-order chi connectivity index (χ0) is 46.0. The van der Waals surface area contributed by atoms with Crippen LogP contribution in [0, 0.1) is 48.3 Å². The number of halogens is 4. The molecule has 8 aliphatic carbocycles. The normalized spacial score (nSPS) is 29.9. The molecule has 20 heteroatoms. The number of hydrogen-bond acceptors (Lipinski definition) is 16. The largest absolute Gasteiger partial charge is 0.691 e. The van der Waals surface area contributed by atoms with E-state index in [9.17, 15) is 47.3 Å². The first-order valence-corrected chi connectivity index (χ1v) is 22.6. The van der Waals surface area contributed by atoms with Gasteiger partial charge in [-0.05, 0) is 137 Å². The van der Waals surface area contributed by atoms with Crippen molar-refractivity contribution in [3.05, 3.63) is 70.8 Å². The van der Waals surface area contributed by atoms with Gasteiger partial charge in [-0.15, -0.1) is 0 Å². The van der Waals surface area contributed by atoms with E-state index in [1.165, 1.54) is 35.1 Å². The summed E-state index contributed by atoms with van der Waals surface area (Å²) in [5.74, 6) is -3.52. The first kappa shape index (κ1) is 53.5. The van der Waals surface area contributed by atoms with Crippen molar-refractivity contribution in [2.24, 2.45) is 34.5 Å². The molecule has 0 saturated heterocycles. The molecule has 368 valence electrons. The molecule has 66 heavy (non-hydrogen) atoms. The van der Waals surface area contributed by atoms with Gasteiger partial charge in [-0.3, -0.25) is 10.1 Å². The lowest BCUT2D eigenvalue weighted by Crippen LogP contribution is -2.55. The van der Waals surface area contributed by atoms with Crippen molar-refractivity contribution in [2.75, 3.05) is 26.4 Å². The maximum atomic E-state index is 13.4. The summed E-state index contributed by atoms with van der Waals surface area (Å²) in [7, 11) is 0. The second-order valence-electron chi connectivity index (χ2n) is 19.2. The molecule has 8 bridgehead atoms. The molecule has 8 saturated carbocycles. The number of hydrogen-bond donors (Lipinski definition) is 0. The van der Waals surface area contributed by atoms with E-state index < -0.39 is 71.7 Å². The zero-order valence-electron chi connectivity index (χ0n) is 35.3. The topological polar surface area (TPSA) is 188 Å². The summed E-state index contributed by atoms with van der Waals surface area (Å²) in [6.07, 6.45) is 12.7. The molecule has 0 radical (unpaired) electrons. The molecule has 4 unspecified atom stereocenters. The molecule has 4 atom stereocenters. The Hall–Kier alpha value is -3.50. The number of ether oxygens (including phenoxy) is 4. The monoisotopic (exact) mass is 974 g/mol. The summed E-state index contributed by atoms with van der Waals surface area (Å²) in [6.45, 7) is 2.61. The number of benzene rings is 2. The summed E-state index contributed by atoms with van der Waals surface area (Å²) in [5, 5.41) is 16.5. The third-order valence-electron chi connectivity index (χ3n) is 14.2. The minimum absolute atomic E-state index is 0. The van der Waals surface area contributed by atoms with Crippen LogP contribution in [0.2, 0.25) is 0 Å². The van der Waals surface area contributed by atoms with Gasteiger partial charge < -0.3 is 29.5 Å². The summed E-state index contributed by atoms with van der Waals surface area (Å²) in [5.41, 5.74) is 4.98. The second-order valence-corrected chi connectivity index (χ2v) is 20.8. The van der Waals surface area contributed by atoms with E-state index in [0.29, 0.717) is 23.7 Å². The fourth-order valence-electron chi connectivity index (χ4n) is 12.9. The van der Waals surface area contributed by atoms with E-state index in [1.807, 2.05) is 0 Å². The van der Waals surface area contributed by atoms with Crippen LogP contribution in [0.1, 0.15) is 114 Å². The maximum Gasteiger partial charge on any atom is 0.415 e. The zero-order valence-corrected chi connectivity index (χ0v) is 36.9. The molecule has 0 aliphatic heterocycles. The quantitative estimate of drug-likeness (QED) is 0.0348. The van der Waals surface area contributed by atoms with E-state index in [1.54, 1.807) is 0 Å². The molecule has 0 aromatic heterocycles. The third kappa shape index (κ3) is 12.2. The Morgan fingerprint density at radius 2 is 0.879 bits per heavy atom. The Balaban J connectivity index is 0.000000240.